The third kappa shape index (κ3) is 3.75. The van der Waals surface area contributed by atoms with Crippen molar-refractivity contribution in [3.63, 3.8) is 0 Å². The maximum atomic E-state index is 12.9. The van der Waals surface area contributed by atoms with E-state index in [0.29, 0.717) is 18.7 Å². The van der Waals surface area contributed by atoms with Gasteiger partial charge in [-0.05, 0) is 24.1 Å². The second-order valence-electron chi connectivity index (χ2n) is 7.31. The van der Waals surface area contributed by atoms with Crippen molar-refractivity contribution in [3.8, 4) is 5.75 Å². The van der Waals surface area contributed by atoms with E-state index in [1.807, 2.05) is 24.3 Å². The van der Waals surface area contributed by atoms with Gasteiger partial charge in [-0.25, -0.2) is 0 Å². The molecule has 0 spiro atoms. The Morgan fingerprint density at radius 2 is 1.93 bits per heavy atom. The number of hydrogen-bond donors (Lipinski definition) is 1. The van der Waals surface area contributed by atoms with Gasteiger partial charge in [0.2, 0.25) is 11.8 Å². The zero-order chi connectivity index (χ0) is 19.7. The molecule has 1 N–H and O–H groups in total. The van der Waals surface area contributed by atoms with Crippen molar-refractivity contribution in [2.45, 2.75) is 18.5 Å². The zero-order valence-corrected chi connectivity index (χ0v) is 15.8. The normalized spacial score (nSPS) is 25.2. The van der Waals surface area contributed by atoms with Crippen molar-refractivity contribution in [2.75, 3.05) is 40.8 Å². The first-order valence-electron chi connectivity index (χ1n) is 8.92. The molecule has 27 heavy (non-hydrogen) atoms. The largest absolute Gasteiger partial charge is 0.497 e. The summed E-state index contributed by atoms with van der Waals surface area (Å²) >= 11 is 0. The number of carbonyl (C=O) groups excluding carboxylic acids is 2. The minimum Gasteiger partial charge on any atom is -0.497 e. The van der Waals surface area contributed by atoms with Crippen molar-refractivity contribution in [3.05, 3.63) is 29.8 Å². The maximum absolute atomic E-state index is 12.9. The van der Waals surface area contributed by atoms with E-state index < -0.39 is 5.97 Å². The van der Waals surface area contributed by atoms with E-state index in [4.69, 9.17) is 9.84 Å². The van der Waals surface area contributed by atoms with Gasteiger partial charge in [0.25, 0.3) is 0 Å². The third-order valence-corrected chi connectivity index (χ3v) is 5.29. The number of carbonyl (C=O) groups is 3. The molecule has 0 saturated carbocycles. The van der Waals surface area contributed by atoms with E-state index in [1.165, 1.54) is 0 Å². The van der Waals surface area contributed by atoms with Gasteiger partial charge < -0.3 is 19.6 Å². The predicted octanol–water partition coefficient (Wildman–Crippen LogP) is 0.442. The lowest BCUT2D eigenvalue weighted by molar-refractivity contribution is -0.145. The summed E-state index contributed by atoms with van der Waals surface area (Å²) in [6.45, 7) is 0.343. The van der Waals surface area contributed by atoms with E-state index in [2.05, 4.69) is 0 Å². The number of benzene rings is 1. The van der Waals surface area contributed by atoms with Gasteiger partial charge in [-0.3, -0.25) is 19.3 Å². The van der Waals surface area contributed by atoms with Gasteiger partial charge in [0.15, 0.2) is 0 Å². The molecule has 3 rings (SSSR count). The molecule has 0 bridgehead atoms. The lowest BCUT2D eigenvalue weighted by atomic mass is 9.92. The smallest absolute Gasteiger partial charge is 0.317 e. The number of rotatable bonds is 5. The molecule has 2 saturated heterocycles. The van der Waals surface area contributed by atoms with Crippen molar-refractivity contribution in [1.29, 1.82) is 0 Å². The number of carboxylic acid groups (broad SMARTS) is 1. The lowest BCUT2D eigenvalue weighted by Gasteiger charge is -2.39. The van der Waals surface area contributed by atoms with E-state index in [9.17, 15) is 14.4 Å². The SMILES string of the molecule is COc1ccc([C@@H]2[C@H](C(=O)N(C)C)C[C@@H]3CN(CC(=O)O)CC(=O)N32)cc1. The molecule has 2 aliphatic heterocycles. The number of amides is 2. The van der Waals surface area contributed by atoms with Crippen LogP contribution in [0.25, 0.3) is 0 Å². The van der Waals surface area contributed by atoms with Crippen LogP contribution in [0.5, 0.6) is 5.75 Å². The molecule has 3 atom stereocenters. The Labute approximate surface area is 158 Å². The Kier molecular flexibility index (Phi) is 5.36. The van der Waals surface area contributed by atoms with Gasteiger partial charge in [0, 0.05) is 26.7 Å². The molecule has 8 heteroatoms. The molecular formula is C19H25N3O5. The number of piperazine rings is 1. The first-order chi connectivity index (χ1) is 12.8. The molecule has 0 aliphatic carbocycles. The highest BCUT2D eigenvalue weighted by molar-refractivity contribution is 5.85. The summed E-state index contributed by atoms with van der Waals surface area (Å²) < 4.78 is 5.21. The molecule has 2 aliphatic rings. The molecular weight excluding hydrogens is 350 g/mol. The Morgan fingerprint density at radius 1 is 1.26 bits per heavy atom. The van der Waals surface area contributed by atoms with E-state index in [-0.39, 0.29) is 42.9 Å². The van der Waals surface area contributed by atoms with Crippen LogP contribution in [-0.2, 0) is 14.4 Å². The van der Waals surface area contributed by atoms with Crippen molar-refractivity contribution < 1.29 is 24.2 Å². The molecule has 0 aromatic heterocycles. The number of carboxylic acids is 1. The second kappa shape index (κ2) is 7.56. The van der Waals surface area contributed by atoms with E-state index in [0.717, 1.165) is 5.56 Å². The average Bonchev–Trinajstić information content (AvgIpc) is 3.00. The van der Waals surface area contributed by atoms with Gasteiger partial charge in [-0.15, -0.1) is 0 Å². The highest BCUT2D eigenvalue weighted by Gasteiger charge is 2.50. The Balaban J connectivity index is 1.93. The highest BCUT2D eigenvalue weighted by Crippen LogP contribution is 2.43. The molecule has 2 amide bonds. The van der Waals surface area contributed by atoms with Crippen LogP contribution in [0.1, 0.15) is 18.0 Å². The van der Waals surface area contributed by atoms with Gasteiger partial charge in [-0.1, -0.05) is 12.1 Å². The molecule has 2 heterocycles. The van der Waals surface area contributed by atoms with Gasteiger partial charge >= 0.3 is 5.97 Å². The topological polar surface area (TPSA) is 90.4 Å². The van der Waals surface area contributed by atoms with Gasteiger partial charge in [0.05, 0.1) is 32.2 Å². The maximum Gasteiger partial charge on any atom is 0.317 e. The Morgan fingerprint density at radius 3 is 2.48 bits per heavy atom. The minimum atomic E-state index is -0.957. The van der Waals surface area contributed by atoms with Gasteiger partial charge in [-0.2, -0.15) is 0 Å². The van der Waals surface area contributed by atoms with Crippen LogP contribution >= 0.6 is 0 Å². The van der Waals surface area contributed by atoms with Crippen molar-refractivity contribution >= 4 is 17.8 Å². The van der Waals surface area contributed by atoms with Crippen LogP contribution in [0, 0.1) is 5.92 Å². The summed E-state index contributed by atoms with van der Waals surface area (Å²) in [4.78, 5) is 41.7. The monoisotopic (exact) mass is 375 g/mol. The Hall–Kier alpha value is -2.61. The fraction of sp³-hybridized carbons (Fsp3) is 0.526. The number of ether oxygens (including phenoxy) is 1. The summed E-state index contributed by atoms with van der Waals surface area (Å²) in [5.74, 6) is -0.763. The summed E-state index contributed by atoms with van der Waals surface area (Å²) in [6.07, 6.45) is 0.523. The van der Waals surface area contributed by atoms with Crippen LogP contribution < -0.4 is 4.74 Å². The number of aliphatic carboxylic acids is 1. The summed E-state index contributed by atoms with van der Waals surface area (Å²) in [6, 6.07) is 6.90. The molecule has 2 fully saturated rings. The van der Waals surface area contributed by atoms with Gasteiger partial charge in [0.1, 0.15) is 5.75 Å². The molecule has 146 valence electrons. The first kappa shape index (κ1) is 19.2. The first-order valence-corrected chi connectivity index (χ1v) is 8.92. The molecule has 1 aromatic rings. The van der Waals surface area contributed by atoms with E-state index >= 15 is 0 Å². The van der Waals surface area contributed by atoms with Crippen LogP contribution in [0.15, 0.2) is 24.3 Å². The standard InChI is InChI=1S/C19H25N3O5/c1-20(2)19(26)15-8-13-9-21(11-17(24)25)10-16(23)22(13)18(15)12-4-6-14(27-3)7-5-12/h4-7,13,15,18H,8-11H2,1-3H3,(H,24,25)/t13-,15-,18-/m1/s1. The number of hydrogen-bond acceptors (Lipinski definition) is 5. The summed E-state index contributed by atoms with van der Waals surface area (Å²) in [5, 5.41) is 9.05. The lowest BCUT2D eigenvalue weighted by Crippen LogP contribution is -2.55. The number of methoxy groups -OCH3 is 1. The summed E-state index contributed by atoms with van der Waals surface area (Å²) in [5.41, 5.74) is 0.888. The molecule has 1 aromatic carbocycles. The molecule has 0 radical (unpaired) electrons. The van der Waals surface area contributed by atoms with Crippen molar-refractivity contribution in [1.82, 2.24) is 14.7 Å². The van der Waals surface area contributed by atoms with Crippen LogP contribution in [-0.4, -0.2) is 84.5 Å². The average molecular weight is 375 g/mol. The van der Waals surface area contributed by atoms with E-state index in [1.54, 1.807) is 35.9 Å². The highest BCUT2D eigenvalue weighted by atomic mass is 16.5. The van der Waals surface area contributed by atoms with Crippen molar-refractivity contribution in [2.24, 2.45) is 5.92 Å². The number of fused-ring (bicyclic) bond motifs is 1. The minimum absolute atomic E-state index is 0.0252. The summed E-state index contributed by atoms with van der Waals surface area (Å²) in [7, 11) is 5.01. The fourth-order valence-electron chi connectivity index (χ4n) is 4.19. The number of nitrogens with zero attached hydrogens (tertiary/aromatic N) is 3. The van der Waals surface area contributed by atoms with Crippen LogP contribution in [0.4, 0.5) is 0 Å². The molecule has 8 nitrogen and oxygen atoms in total. The molecule has 0 unspecified atom stereocenters. The second-order valence-corrected chi connectivity index (χ2v) is 7.31. The quantitative estimate of drug-likeness (QED) is 0.803. The Bertz CT molecular complexity index is 733. The third-order valence-electron chi connectivity index (χ3n) is 5.29. The fourth-order valence-corrected chi connectivity index (χ4v) is 4.19. The van der Waals surface area contributed by atoms with Crippen LogP contribution in [0.2, 0.25) is 0 Å². The zero-order valence-electron chi connectivity index (χ0n) is 15.8. The van der Waals surface area contributed by atoms with Crippen LogP contribution in [0.3, 0.4) is 0 Å². The predicted molar refractivity (Wildman–Crippen MR) is 97.2 cm³/mol.